The van der Waals surface area contributed by atoms with Crippen molar-refractivity contribution in [2.24, 2.45) is 28.7 Å². The Hall–Kier alpha value is -8.02. The van der Waals surface area contributed by atoms with Crippen LogP contribution in [0, 0.1) is 0 Å². The molecule has 123 heavy (non-hydrogen) atoms. The second-order valence-corrected chi connectivity index (χ2v) is 30.9. The highest BCUT2D eigenvalue weighted by Crippen LogP contribution is 2.12. The Bertz CT molecular complexity index is 3000. The van der Waals surface area contributed by atoms with Gasteiger partial charge in [-0.1, -0.05) is 88.8 Å². The molecule has 0 aliphatic rings. The van der Waals surface area contributed by atoms with Crippen molar-refractivity contribution >= 4 is 71.3 Å². The largest absolute Gasteiger partial charge is 0.355 e. The minimum atomic E-state index is -0.259. The number of hydrogen-bond acceptors (Lipinski definition) is 26. The van der Waals surface area contributed by atoms with Gasteiger partial charge >= 0.3 is 0 Å². The molecule has 0 aromatic carbocycles. The zero-order valence-electron chi connectivity index (χ0n) is 75.5. The van der Waals surface area contributed by atoms with Gasteiger partial charge in [0.1, 0.15) is 6.29 Å². The second kappa shape index (κ2) is 79.9. The van der Waals surface area contributed by atoms with Gasteiger partial charge in [0.25, 0.3) is 0 Å². The van der Waals surface area contributed by atoms with E-state index in [0.29, 0.717) is 189 Å². The van der Waals surface area contributed by atoms with E-state index < -0.39 is 0 Å². The molecule has 0 unspecified atom stereocenters. The summed E-state index contributed by atoms with van der Waals surface area (Å²) in [6.07, 6.45) is 29.1. The smallest absolute Gasteiger partial charge is 0.221 e. The minimum absolute atomic E-state index is 0.0583. The molecule has 21 N–H and O–H groups in total. The van der Waals surface area contributed by atoms with Crippen molar-refractivity contribution in [1.29, 1.82) is 0 Å². The summed E-state index contributed by atoms with van der Waals surface area (Å²) in [5, 5.41) is 40.8. The van der Waals surface area contributed by atoms with E-state index in [1.807, 2.05) is 42.3 Å². The minimum Gasteiger partial charge on any atom is -0.355 e. The van der Waals surface area contributed by atoms with Crippen LogP contribution in [0.5, 0.6) is 0 Å². The highest BCUT2D eigenvalue weighted by atomic mass is 16.2. The molecule has 0 saturated heterocycles. The number of aromatic nitrogens is 3. The fourth-order valence-corrected chi connectivity index (χ4v) is 13.2. The number of amides is 11. The Balaban J connectivity index is 3.39. The highest BCUT2D eigenvalue weighted by molar-refractivity contribution is 5.80. The van der Waals surface area contributed by atoms with Crippen molar-refractivity contribution in [3.63, 3.8) is 0 Å². The first-order valence-corrected chi connectivity index (χ1v) is 45.9. The number of aldehydes is 1. The molecule has 0 aliphatic carbocycles. The predicted molar refractivity (Wildman–Crippen MR) is 484 cm³/mol. The van der Waals surface area contributed by atoms with Crippen LogP contribution in [0.4, 0.5) is 0 Å². The summed E-state index contributed by atoms with van der Waals surface area (Å²) in [5.41, 5.74) is 28.5. The van der Waals surface area contributed by atoms with Crippen molar-refractivity contribution in [1.82, 2.24) is 108 Å². The van der Waals surface area contributed by atoms with Crippen molar-refractivity contribution in [2.75, 3.05) is 236 Å². The van der Waals surface area contributed by atoms with E-state index in [1.165, 1.54) is 32.1 Å². The first kappa shape index (κ1) is 113. The molecule has 1 heterocycles. The van der Waals surface area contributed by atoms with E-state index in [2.05, 4.69) is 117 Å². The van der Waals surface area contributed by atoms with Gasteiger partial charge in [-0.2, -0.15) is 0 Å². The Morgan fingerprint density at radius 3 is 0.821 bits per heavy atom. The number of nitrogens with one attached hydrogen (secondary N) is 11. The van der Waals surface area contributed by atoms with Crippen molar-refractivity contribution in [3.05, 3.63) is 36.2 Å². The molecule has 11 amide bonds. The van der Waals surface area contributed by atoms with Crippen LogP contribution in [0.25, 0.3) is 0 Å². The van der Waals surface area contributed by atoms with E-state index >= 15 is 0 Å². The normalized spacial score (nSPS) is 11.6. The van der Waals surface area contributed by atoms with Crippen LogP contribution in [0.15, 0.2) is 30.5 Å². The summed E-state index contributed by atoms with van der Waals surface area (Å²) in [5.74, 6) is -2.10. The molecule has 0 aliphatic heterocycles. The van der Waals surface area contributed by atoms with Crippen molar-refractivity contribution in [2.45, 2.75) is 201 Å². The number of carbonyl (C=O) groups is 12. The number of allylic oxidation sites excluding steroid dienone is 4. The number of hydrogen-bond donors (Lipinski definition) is 16. The molecule has 0 saturated carbocycles. The third kappa shape index (κ3) is 68.9. The lowest BCUT2D eigenvalue weighted by Gasteiger charge is -2.24. The fourth-order valence-electron chi connectivity index (χ4n) is 13.2. The van der Waals surface area contributed by atoms with Gasteiger partial charge in [0, 0.05) is 319 Å². The summed E-state index contributed by atoms with van der Waals surface area (Å²) >= 11 is 0. The molecule has 0 radical (unpaired) electrons. The number of nitrogens with two attached hydrogens (primary N) is 5. The van der Waals surface area contributed by atoms with Gasteiger partial charge in [-0.3, -0.25) is 62.3 Å². The van der Waals surface area contributed by atoms with Crippen LogP contribution < -0.4 is 87.2 Å². The molecule has 1 rings (SSSR count). The van der Waals surface area contributed by atoms with Crippen LogP contribution in [-0.2, 0) is 70.6 Å². The van der Waals surface area contributed by atoms with E-state index in [0.717, 1.165) is 77.2 Å². The van der Waals surface area contributed by atoms with Crippen LogP contribution in [-0.4, -0.2) is 356 Å². The van der Waals surface area contributed by atoms with Crippen LogP contribution >= 0.6 is 0 Å². The third-order valence-electron chi connectivity index (χ3n) is 20.2. The summed E-state index contributed by atoms with van der Waals surface area (Å²) in [7, 11) is 0. The number of unbranched alkanes of at least 4 members (excludes halogenated alkanes) is 9. The average Bonchev–Trinajstić information content (AvgIpc) is 1.76. The Morgan fingerprint density at radius 1 is 0.293 bits per heavy atom. The SMILES string of the molecule is CCCCC/C=C\C/C=C\CCCCCCCCn1cc(CN(CCC(=O)NCCN(CCC(=O)NCCN(CCC)CCC(=O)NCCN)CCC(=O)NCCN(CCC=O)CCC(=O)NCCN)CCC(=O)NCCN(CCC(=O)NCCN(CCC)CCC(=O)NCCN)CCC(=O)NCCN(CCC(=O)NCCN)CCC(=O)NCCN)nn1. The molecule has 706 valence electrons. The van der Waals surface area contributed by atoms with E-state index in [1.54, 1.807) is 0 Å². The molecule has 0 spiro atoms. The van der Waals surface area contributed by atoms with Crippen molar-refractivity contribution < 1.29 is 57.5 Å². The van der Waals surface area contributed by atoms with Gasteiger partial charge in [-0.25, -0.2) is 0 Å². The Morgan fingerprint density at radius 2 is 0.545 bits per heavy atom. The van der Waals surface area contributed by atoms with E-state index in [-0.39, 0.29) is 195 Å². The van der Waals surface area contributed by atoms with Gasteiger partial charge in [0.15, 0.2) is 0 Å². The molecular formula is C85H164N26O12. The van der Waals surface area contributed by atoms with Gasteiger partial charge in [-0.15, -0.1) is 5.10 Å². The fraction of sp³-hybridized carbons (Fsp3) is 0.788. The molecular weight excluding hydrogens is 1580 g/mol. The molecule has 0 fully saturated rings. The second-order valence-electron chi connectivity index (χ2n) is 30.9. The van der Waals surface area contributed by atoms with Gasteiger partial charge in [-0.05, 0) is 64.5 Å². The summed E-state index contributed by atoms with van der Waals surface area (Å²) in [6.45, 7) is 20.4. The topological polar surface area (TPSA) is 521 Å². The summed E-state index contributed by atoms with van der Waals surface area (Å²) < 4.78 is 1.84. The number of rotatable bonds is 85. The lowest BCUT2D eigenvalue weighted by atomic mass is 10.1. The lowest BCUT2D eigenvalue weighted by Crippen LogP contribution is -2.42. The first-order valence-electron chi connectivity index (χ1n) is 45.9. The quantitative estimate of drug-likeness (QED) is 0.0200. The molecule has 0 atom stereocenters. The Kier molecular flexibility index (Phi) is 73.4. The lowest BCUT2D eigenvalue weighted by molar-refractivity contribution is -0.123. The van der Waals surface area contributed by atoms with Gasteiger partial charge < -0.3 is 121 Å². The maximum Gasteiger partial charge on any atom is 0.221 e. The van der Waals surface area contributed by atoms with Gasteiger partial charge in [0.2, 0.25) is 65.0 Å². The average molecular weight is 1740 g/mol. The Labute approximate surface area is 734 Å². The number of nitrogens with zero attached hydrogens (tertiary/aromatic N) is 10. The third-order valence-corrected chi connectivity index (χ3v) is 20.2. The van der Waals surface area contributed by atoms with Gasteiger partial charge in [0.05, 0.1) is 5.69 Å². The molecule has 1 aromatic rings. The van der Waals surface area contributed by atoms with Crippen LogP contribution in [0.1, 0.15) is 193 Å². The molecule has 1 aromatic heterocycles. The van der Waals surface area contributed by atoms with Crippen molar-refractivity contribution in [3.8, 4) is 0 Å². The summed E-state index contributed by atoms with van der Waals surface area (Å²) in [6, 6.07) is 0. The highest BCUT2D eigenvalue weighted by Gasteiger charge is 2.21. The zero-order valence-corrected chi connectivity index (χ0v) is 75.5. The van der Waals surface area contributed by atoms with Crippen LogP contribution in [0.2, 0.25) is 0 Å². The zero-order chi connectivity index (χ0) is 90.2. The number of carbonyl (C=O) groups excluding carboxylic acids is 12. The van der Waals surface area contributed by atoms with Crippen LogP contribution in [0.3, 0.4) is 0 Å². The van der Waals surface area contributed by atoms with E-state index in [4.69, 9.17) is 28.7 Å². The number of aryl methyl sites for hydroxylation is 1. The molecule has 38 nitrogen and oxygen atoms in total. The predicted octanol–water partition coefficient (Wildman–Crippen LogP) is -1.52. The maximum absolute atomic E-state index is 13.9. The molecule has 38 heteroatoms. The first-order chi connectivity index (χ1) is 59.7. The monoisotopic (exact) mass is 1740 g/mol. The van der Waals surface area contributed by atoms with E-state index in [9.17, 15) is 57.5 Å². The molecule has 0 bridgehead atoms. The standard InChI is InChI=1S/C85H164N26O12/c1-4-7-8-9-10-11-12-13-14-15-16-17-18-19-20-21-53-111-73-74(102-103-111)72-110(63-32-84(122)100-48-69-108(59-28-80(118)96-44-65-104(50-5-2)54-23-75(113)91-39-34-86)61-30-82(120)98-46-67-106(52-22-71-112)56-25-77(115)93-41-36-88)64-33-85(123)101-49-70-109(60-29-81(119)97-45-66-105(51-6-3)55-24-76(114)92-40-35-87)62-31-83(121)99-47-68-107(57-26-78(116)94-42-37-89)58-27-79(117)95-43-38-90/h10-11,13-14,71,73H,4-9,12,15-70,72,86-90H2,1-3H3,(H,91,113)(H,92,114)(H,93,115)(H,94,116)(H,95,117)(H,96,118)(H,97,119)(H,98,120)(H,99,121)(H,100,122)(H,101,123)/b11-10-,14-13-. The summed E-state index contributed by atoms with van der Waals surface area (Å²) in [4.78, 5) is 169. The maximum atomic E-state index is 13.9.